The number of hydrogen-bond acceptors (Lipinski definition) is 5. The predicted octanol–water partition coefficient (Wildman–Crippen LogP) is 1.30. The summed E-state index contributed by atoms with van der Waals surface area (Å²) in [6, 6.07) is 1.81. The maximum atomic E-state index is 4.27. The third-order valence-corrected chi connectivity index (χ3v) is 2.16. The van der Waals surface area contributed by atoms with E-state index in [4.69, 9.17) is 0 Å². The molecular formula is C10H14N6. The molecular weight excluding hydrogens is 204 g/mol. The fourth-order valence-electron chi connectivity index (χ4n) is 1.41. The van der Waals surface area contributed by atoms with E-state index in [1.54, 1.807) is 17.9 Å². The lowest BCUT2D eigenvalue weighted by molar-refractivity contribution is 0.756. The average molecular weight is 218 g/mol. The van der Waals surface area contributed by atoms with Gasteiger partial charge in [-0.25, -0.2) is 4.98 Å². The van der Waals surface area contributed by atoms with Gasteiger partial charge in [-0.2, -0.15) is 10.1 Å². The van der Waals surface area contributed by atoms with Crippen LogP contribution in [0.5, 0.6) is 0 Å². The molecule has 2 N–H and O–H groups in total. The molecule has 84 valence electrons. The van der Waals surface area contributed by atoms with Crippen molar-refractivity contribution in [2.24, 2.45) is 7.05 Å². The zero-order valence-electron chi connectivity index (χ0n) is 9.52. The number of rotatable bonds is 3. The van der Waals surface area contributed by atoms with Crippen LogP contribution in [0.4, 0.5) is 17.5 Å². The van der Waals surface area contributed by atoms with Gasteiger partial charge in [0.25, 0.3) is 0 Å². The number of nitrogens with zero attached hydrogens (tertiary/aromatic N) is 4. The van der Waals surface area contributed by atoms with Crippen LogP contribution in [0.3, 0.4) is 0 Å². The Morgan fingerprint density at radius 3 is 2.81 bits per heavy atom. The van der Waals surface area contributed by atoms with E-state index in [-0.39, 0.29) is 0 Å². The Bertz CT molecular complexity index is 490. The second kappa shape index (κ2) is 4.18. The molecule has 0 aliphatic heterocycles. The summed E-state index contributed by atoms with van der Waals surface area (Å²) in [5, 5.41) is 10.3. The molecule has 16 heavy (non-hydrogen) atoms. The van der Waals surface area contributed by atoms with Crippen molar-refractivity contribution in [3.8, 4) is 0 Å². The highest BCUT2D eigenvalue weighted by Gasteiger charge is 2.04. The Morgan fingerprint density at radius 2 is 2.19 bits per heavy atom. The van der Waals surface area contributed by atoms with Crippen LogP contribution >= 0.6 is 0 Å². The van der Waals surface area contributed by atoms with Gasteiger partial charge in [0.05, 0.1) is 11.4 Å². The molecule has 0 amide bonds. The number of aromatic nitrogens is 4. The number of nitrogens with one attached hydrogen (secondary N) is 2. The van der Waals surface area contributed by atoms with Crippen LogP contribution in [0.1, 0.15) is 5.69 Å². The first kappa shape index (κ1) is 10.4. The molecule has 2 rings (SSSR count). The third kappa shape index (κ3) is 2.10. The van der Waals surface area contributed by atoms with Crippen molar-refractivity contribution < 1.29 is 0 Å². The van der Waals surface area contributed by atoms with E-state index in [9.17, 15) is 0 Å². The summed E-state index contributed by atoms with van der Waals surface area (Å²) < 4.78 is 1.76. The monoisotopic (exact) mass is 218 g/mol. The van der Waals surface area contributed by atoms with Crippen LogP contribution in [0, 0.1) is 6.92 Å². The molecule has 0 saturated heterocycles. The van der Waals surface area contributed by atoms with Gasteiger partial charge in [-0.3, -0.25) is 4.68 Å². The minimum absolute atomic E-state index is 0.589. The van der Waals surface area contributed by atoms with Gasteiger partial charge in [-0.1, -0.05) is 0 Å². The zero-order valence-corrected chi connectivity index (χ0v) is 9.52. The van der Waals surface area contributed by atoms with Gasteiger partial charge in [0.2, 0.25) is 5.95 Å². The van der Waals surface area contributed by atoms with Crippen molar-refractivity contribution in [3.63, 3.8) is 0 Å². The molecule has 0 aromatic carbocycles. The molecule has 0 bridgehead atoms. The molecule has 2 aromatic rings. The second-order valence-corrected chi connectivity index (χ2v) is 3.44. The van der Waals surface area contributed by atoms with Gasteiger partial charge in [0.15, 0.2) is 0 Å². The Labute approximate surface area is 93.7 Å². The van der Waals surface area contributed by atoms with Gasteiger partial charge in [-0.05, 0) is 13.0 Å². The summed E-state index contributed by atoms with van der Waals surface area (Å²) >= 11 is 0. The first-order valence-corrected chi connectivity index (χ1v) is 4.97. The Kier molecular flexibility index (Phi) is 2.72. The van der Waals surface area contributed by atoms with E-state index in [1.807, 2.05) is 26.2 Å². The van der Waals surface area contributed by atoms with Crippen LogP contribution in [-0.2, 0) is 7.05 Å². The molecule has 0 spiro atoms. The molecule has 6 nitrogen and oxygen atoms in total. The molecule has 0 saturated carbocycles. The maximum Gasteiger partial charge on any atom is 0.224 e. The van der Waals surface area contributed by atoms with Crippen LogP contribution in [0.25, 0.3) is 0 Å². The molecule has 0 unspecified atom stereocenters. The molecule has 2 aromatic heterocycles. The van der Waals surface area contributed by atoms with Crippen LogP contribution < -0.4 is 10.6 Å². The van der Waals surface area contributed by atoms with Crippen LogP contribution in [0.2, 0.25) is 0 Å². The van der Waals surface area contributed by atoms with E-state index < -0.39 is 0 Å². The standard InChI is InChI=1S/C10H14N6/c1-7-8(6-16(3)15-7)13-9-4-5-12-10(11-2)14-9/h4-6H,1-3H3,(H2,11,12,13,14). The zero-order chi connectivity index (χ0) is 11.5. The summed E-state index contributed by atoms with van der Waals surface area (Å²) in [7, 11) is 3.67. The van der Waals surface area contributed by atoms with E-state index in [0.29, 0.717) is 5.95 Å². The lowest BCUT2D eigenvalue weighted by atomic mass is 10.4. The van der Waals surface area contributed by atoms with Gasteiger partial charge < -0.3 is 10.6 Å². The highest BCUT2D eigenvalue weighted by molar-refractivity contribution is 5.58. The molecule has 0 aliphatic carbocycles. The summed E-state index contributed by atoms with van der Waals surface area (Å²) in [6.45, 7) is 1.95. The highest BCUT2D eigenvalue weighted by atomic mass is 15.3. The SMILES string of the molecule is CNc1nccc(Nc2cn(C)nc2C)n1. The Morgan fingerprint density at radius 1 is 1.38 bits per heavy atom. The van der Waals surface area contributed by atoms with Crippen LogP contribution in [-0.4, -0.2) is 26.8 Å². The topological polar surface area (TPSA) is 67.7 Å². The molecule has 0 fully saturated rings. The molecule has 2 heterocycles. The van der Waals surface area contributed by atoms with Crippen LogP contribution in [0.15, 0.2) is 18.5 Å². The van der Waals surface area contributed by atoms with E-state index in [0.717, 1.165) is 17.2 Å². The third-order valence-electron chi connectivity index (χ3n) is 2.16. The predicted molar refractivity (Wildman–Crippen MR) is 62.8 cm³/mol. The first-order valence-electron chi connectivity index (χ1n) is 4.97. The minimum atomic E-state index is 0.589. The Balaban J connectivity index is 2.23. The van der Waals surface area contributed by atoms with Crippen molar-refractivity contribution in [2.45, 2.75) is 6.92 Å². The minimum Gasteiger partial charge on any atom is -0.357 e. The maximum absolute atomic E-state index is 4.27. The van der Waals surface area contributed by atoms with E-state index >= 15 is 0 Å². The van der Waals surface area contributed by atoms with Gasteiger partial charge in [0.1, 0.15) is 5.82 Å². The smallest absolute Gasteiger partial charge is 0.224 e. The molecule has 0 atom stereocenters. The second-order valence-electron chi connectivity index (χ2n) is 3.44. The number of anilines is 3. The fourth-order valence-corrected chi connectivity index (χ4v) is 1.41. The lowest BCUT2D eigenvalue weighted by Gasteiger charge is -2.04. The van der Waals surface area contributed by atoms with Crippen molar-refractivity contribution in [2.75, 3.05) is 17.7 Å². The number of aryl methyl sites for hydroxylation is 2. The fraction of sp³-hybridized carbons (Fsp3) is 0.300. The summed E-state index contributed by atoms with van der Waals surface area (Å²) in [4.78, 5) is 8.31. The summed E-state index contributed by atoms with van der Waals surface area (Å²) in [5.41, 5.74) is 1.88. The van der Waals surface area contributed by atoms with E-state index in [1.165, 1.54) is 0 Å². The molecule has 0 radical (unpaired) electrons. The van der Waals surface area contributed by atoms with Crippen molar-refractivity contribution in [1.29, 1.82) is 0 Å². The summed E-state index contributed by atoms with van der Waals surface area (Å²) in [6.07, 6.45) is 3.61. The van der Waals surface area contributed by atoms with Gasteiger partial charge in [-0.15, -0.1) is 0 Å². The Hall–Kier alpha value is -2.11. The van der Waals surface area contributed by atoms with Gasteiger partial charge in [0, 0.05) is 26.5 Å². The quantitative estimate of drug-likeness (QED) is 0.812. The van der Waals surface area contributed by atoms with Gasteiger partial charge >= 0.3 is 0 Å². The largest absolute Gasteiger partial charge is 0.357 e. The normalized spacial score (nSPS) is 10.2. The number of hydrogen-bond donors (Lipinski definition) is 2. The van der Waals surface area contributed by atoms with Crippen molar-refractivity contribution >= 4 is 17.5 Å². The molecule has 0 aliphatic rings. The average Bonchev–Trinajstić information content (AvgIpc) is 2.58. The van der Waals surface area contributed by atoms with E-state index in [2.05, 4.69) is 25.7 Å². The highest BCUT2D eigenvalue weighted by Crippen LogP contribution is 2.17. The molecule has 6 heteroatoms. The lowest BCUT2D eigenvalue weighted by Crippen LogP contribution is -1.99. The van der Waals surface area contributed by atoms with Crippen molar-refractivity contribution in [3.05, 3.63) is 24.2 Å². The summed E-state index contributed by atoms with van der Waals surface area (Å²) in [5.74, 6) is 1.34. The first-order chi connectivity index (χ1) is 7.69. The van der Waals surface area contributed by atoms with Crippen molar-refractivity contribution in [1.82, 2.24) is 19.7 Å².